The van der Waals surface area contributed by atoms with Crippen molar-refractivity contribution in [1.82, 2.24) is 0 Å². The van der Waals surface area contributed by atoms with Crippen molar-refractivity contribution in [3.63, 3.8) is 0 Å². The predicted molar refractivity (Wildman–Crippen MR) is 276 cm³/mol. The normalized spacial score (nSPS) is 11.2. The second kappa shape index (κ2) is 22.1. The average Bonchev–Trinajstić information content (AvgIpc) is 3.37. The predicted octanol–water partition coefficient (Wildman–Crippen LogP) is 14.6. The van der Waals surface area contributed by atoms with Crippen molar-refractivity contribution in [1.29, 1.82) is 0 Å². The molecule has 0 spiro atoms. The Balaban J connectivity index is 0.836. The van der Waals surface area contributed by atoms with Crippen molar-refractivity contribution < 1.29 is 56.0 Å². The van der Waals surface area contributed by atoms with Gasteiger partial charge in [0.05, 0.1) is 33.1 Å². The summed E-state index contributed by atoms with van der Waals surface area (Å²) in [5, 5.41) is 0. The van der Waals surface area contributed by atoms with Crippen LogP contribution in [0.5, 0.6) is 46.0 Å². The van der Waals surface area contributed by atoms with Gasteiger partial charge in [0.25, 0.3) is 0 Å². The number of carbonyl (C=O) groups excluding carboxylic acids is 4. The van der Waals surface area contributed by atoms with E-state index in [9.17, 15) is 27.6 Å². The molecule has 0 saturated heterocycles. The molecular formula is C60H50O12S. The number of carbonyl (C=O) groups is 4. The summed E-state index contributed by atoms with van der Waals surface area (Å²) in [4.78, 5) is 49.9. The third-order valence-electron chi connectivity index (χ3n) is 11.2. The van der Waals surface area contributed by atoms with Crippen LogP contribution in [0.2, 0.25) is 0 Å². The van der Waals surface area contributed by atoms with Crippen molar-refractivity contribution in [3.05, 3.63) is 204 Å². The van der Waals surface area contributed by atoms with Crippen LogP contribution in [0.1, 0.15) is 83.0 Å². The highest BCUT2D eigenvalue weighted by atomic mass is 32.2. The minimum atomic E-state index is -3.85. The first kappa shape index (κ1) is 50.6. The molecule has 0 unspecified atom stereocenters. The summed E-state index contributed by atoms with van der Waals surface area (Å²) in [7, 11) is -3.85. The Hall–Kier alpha value is -8.81. The van der Waals surface area contributed by atoms with E-state index < -0.39 is 27.9 Å². The molecule has 0 aliphatic rings. The highest BCUT2D eigenvalue weighted by Gasteiger charge is 2.23. The molecule has 0 N–H and O–H groups in total. The highest BCUT2D eigenvalue weighted by Crippen LogP contribution is 2.34. The number of hydrogen-bond donors (Lipinski definition) is 0. The van der Waals surface area contributed by atoms with E-state index in [1.807, 2.05) is 84.9 Å². The maximum atomic E-state index is 13.6. The first-order valence-corrected chi connectivity index (χ1v) is 24.8. The van der Waals surface area contributed by atoms with E-state index >= 15 is 0 Å². The van der Waals surface area contributed by atoms with Gasteiger partial charge in [0.2, 0.25) is 9.84 Å². The Morgan fingerprint density at radius 1 is 0.329 bits per heavy atom. The molecule has 0 atom stereocenters. The second-order valence-electron chi connectivity index (χ2n) is 17.4. The van der Waals surface area contributed by atoms with Gasteiger partial charge in [-0.3, -0.25) is 9.59 Å². The van der Waals surface area contributed by atoms with Crippen LogP contribution in [-0.2, 0) is 19.3 Å². The van der Waals surface area contributed by atoms with Crippen LogP contribution >= 0.6 is 0 Å². The minimum absolute atomic E-state index is 0.0468. The van der Waals surface area contributed by atoms with E-state index in [0.717, 1.165) is 22.3 Å². The Bertz CT molecular complexity index is 3400. The smallest absolute Gasteiger partial charge is 0.339 e. The second-order valence-corrected chi connectivity index (χ2v) is 19.3. The molecular weight excluding hydrogens is 945 g/mol. The fourth-order valence-corrected chi connectivity index (χ4v) is 8.85. The zero-order chi connectivity index (χ0) is 51.8. The average molecular weight is 995 g/mol. The summed E-state index contributed by atoms with van der Waals surface area (Å²) >= 11 is 0. The SMILES string of the molecule is CC(=O)c1ccc(Oc2ccc(-c3ccc(Oc4ccc(S(=O)(=O)c5ccc(Oc6ccc(-c7ccc(Oc8ccc(C(=O)OC(C)C)c(C(=O)OC(C)C)c8)cc7)cc6)cc5)cc4)cc3)cc2)cc1C(C)=O. The minimum Gasteiger partial charge on any atom is -0.459 e. The number of Topliss-reactive ketones (excluding diaryl/α,β-unsaturated/α-hetero) is 2. The van der Waals surface area contributed by atoms with Crippen molar-refractivity contribution in [2.75, 3.05) is 0 Å². The molecule has 73 heavy (non-hydrogen) atoms. The van der Waals surface area contributed by atoms with Gasteiger partial charge in [0, 0.05) is 11.1 Å². The molecule has 8 rings (SSSR count). The molecule has 0 heterocycles. The van der Waals surface area contributed by atoms with E-state index in [2.05, 4.69) is 0 Å². The van der Waals surface area contributed by atoms with Crippen LogP contribution in [0.4, 0.5) is 0 Å². The maximum absolute atomic E-state index is 13.6. The molecule has 0 aliphatic carbocycles. The number of sulfone groups is 1. The summed E-state index contributed by atoms with van der Waals surface area (Å²) in [6.07, 6.45) is -0.758. The Morgan fingerprint density at radius 3 is 0.904 bits per heavy atom. The molecule has 0 amide bonds. The Morgan fingerprint density at radius 2 is 0.589 bits per heavy atom. The Kier molecular flexibility index (Phi) is 15.3. The van der Waals surface area contributed by atoms with Crippen molar-refractivity contribution in [2.24, 2.45) is 0 Å². The van der Waals surface area contributed by atoms with E-state index in [0.29, 0.717) is 57.1 Å². The summed E-state index contributed by atoms with van der Waals surface area (Å²) in [6.45, 7) is 9.74. The van der Waals surface area contributed by atoms with E-state index in [1.54, 1.807) is 88.4 Å². The van der Waals surface area contributed by atoms with Gasteiger partial charge < -0.3 is 28.4 Å². The van der Waals surface area contributed by atoms with Crippen molar-refractivity contribution >= 4 is 33.3 Å². The van der Waals surface area contributed by atoms with Crippen molar-refractivity contribution in [2.45, 2.75) is 63.5 Å². The molecule has 368 valence electrons. The molecule has 8 aromatic rings. The molecule has 0 fully saturated rings. The number of esters is 2. The zero-order valence-corrected chi connectivity index (χ0v) is 41.6. The van der Waals surface area contributed by atoms with Gasteiger partial charge in [-0.15, -0.1) is 0 Å². The van der Waals surface area contributed by atoms with E-state index in [1.165, 1.54) is 50.2 Å². The topological polar surface area (TPSA) is 158 Å². The van der Waals surface area contributed by atoms with E-state index in [4.69, 9.17) is 28.4 Å². The van der Waals surface area contributed by atoms with Gasteiger partial charge in [-0.1, -0.05) is 48.5 Å². The first-order chi connectivity index (χ1) is 35.0. The number of ether oxygens (including phenoxy) is 6. The molecule has 0 aliphatic heterocycles. The summed E-state index contributed by atoms with van der Waals surface area (Å²) < 4.78 is 62.0. The van der Waals surface area contributed by atoms with E-state index in [-0.39, 0.29) is 38.6 Å². The van der Waals surface area contributed by atoms with Crippen LogP contribution in [0, 0.1) is 0 Å². The fraction of sp³-hybridized carbons (Fsp3) is 0.133. The number of hydrogen-bond acceptors (Lipinski definition) is 12. The molecule has 0 radical (unpaired) electrons. The third kappa shape index (κ3) is 12.6. The van der Waals surface area contributed by atoms with Crippen LogP contribution in [0.3, 0.4) is 0 Å². The van der Waals surface area contributed by atoms with Crippen molar-refractivity contribution in [3.8, 4) is 68.2 Å². The van der Waals surface area contributed by atoms with Gasteiger partial charge in [-0.25, -0.2) is 18.0 Å². The molecule has 8 aromatic carbocycles. The fourth-order valence-electron chi connectivity index (χ4n) is 7.59. The quantitative estimate of drug-likeness (QED) is 0.0593. The molecule has 12 nitrogen and oxygen atoms in total. The lowest BCUT2D eigenvalue weighted by Gasteiger charge is -2.15. The van der Waals surface area contributed by atoms with Crippen LogP contribution < -0.4 is 18.9 Å². The highest BCUT2D eigenvalue weighted by molar-refractivity contribution is 7.91. The molecule has 0 bridgehead atoms. The van der Waals surface area contributed by atoms with Gasteiger partial charge in [0.1, 0.15) is 46.0 Å². The van der Waals surface area contributed by atoms with Gasteiger partial charge in [-0.2, -0.15) is 0 Å². The summed E-state index contributed by atoms with van der Waals surface area (Å²) in [5.41, 5.74) is 4.50. The molecule has 0 saturated carbocycles. The van der Waals surface area contributed by atoms with Crippen LogP contribution in [0.25, 0.3) is 22.3 Å². The zero-order valence-electron chi connectivity index (χ0n) is 40.8. The largest absolute Gasteiger partial charge is 0.459 e. The lowest BCUT2D eigenvalue weighted by atomic mass is 10.0. The standard InChI is InChI=1S/C60H50O12S/c1-37(2)67-59(63)56-34-28-52(36-58(56)60(64)68-38(3)4)72-48-21-13-44(14-22-48)42-9-17-46(18-10-42)70-50-25-31-54(32-26-50)73(65,66)53-29-23-49(24-30-53)69-45-15-7-41(8-16-45)43-11-19-47(20-12-43)71-51-27-33-55(39(5)61)57(35-51)40(6)62/h7-38H,1-6H3. The lowest BCUT2D eigenvalue weighted by molar-refractivity contribution is 0.0327. The molecule has 13 heteroatoms. The Labute approximate surface area is 423 Å². The molecule has 0 aromatic heterocycles. The summed E-state index contributed by atoms with van der Waals surface area (Å²) in [5.74, 6) is 2.22. The maximum Gasteiger partial charge on any atom is 0.339 e. The van der Waals surface area contributed by atoms with Gasteiger partial charge in [-0.05, 0) is 197 Å². The third-order valence-corrected chi connectivity index (χ3v) is 12.9. The van der Waals surface area contributed by atoms with Gasteiger partial charge >= 0.3 is 11.9 Å². The number of rotatable bonds is 18. The van der Waals surface area contributed by atoms with Crippen LogP contribution in [0.15, 0.2) is 192 Å². The number of ketones is 2. The van der Waals surface area contributed by atoms with Crippen LogP contribution in [-0.4, -0.2) is 44.1 Å². The lowest BCUT2D eigenvalue weighted by Crippen LogP contribution is -2.18. The summed E-state index contributed by atoms with van der Waals surface area (Å²) in [6, 6.07) is 51.6. The monoisotopic (exact) mass is 994 g/mol. The van der Waals surface area contributed by atoms with Gasteiger partial charge in [0.15, 0.2) is 11.6 Å². The number of benzene rings is 8. The first-order valence-electron chi connectivity index (χ1n) is 23.3.